The molecule has 2 heterocycles. The van der Waals surface area contributed by atoms with Gasteiger partial charge in [0.2, 0.25) is 11.8 Å². The highest BCUT2D eigenvalue weighted by molar-refractivity contribution is 7.99. The Morgan fingerprint density at radius 3 is 2.88 bits per heavy atom. The summed E-state index contributed by atoms with van der Waals surface area (Å²) in [6, 6.07) is 7.35. The lowest BCUT2D eigenvalue weighted by molar-refractivity contribution is -0.120. The number of oxazole rings is 1. The third-order valence-corrected chi connectivity index (χ3v) is 4.80. The zero-order valence-electron chi connectivity index (χ0n) is 13.4. The van der Waals surface area contributed by atoms with E-state index in [4.69, 9.17) is 16.0 Å². The van der Waals surface area contributed by atoms with Gasteiger partial charge in [-0.25, -0.2) is 4.98 Å². The van der Waals surface area contributed by atoms with Crippen LogP contribution in [0.3, 0.4) is 0 Å². The van der Waals surface area contributed by atoms with Gasteiger partial charge in [-0.3, -0.25) is 4.79 Å². The Kier molecular flexibility index (Phi) is 5.72. The molecule has 0 fully saturated rings. The van der Waals surface area contributed by atoms with Crippen LogP contribution in [0.4, 0.5) is 0 Å². The number of aromatic nitrogens is 4. The lowest BCUT2D eigenvalue weighted by atomic mass is 10.2. The molecule has 2 N–H and O–H groups in total. The number of hydrogen-bond donors (Lipinski definition) is 2. The van der Waals surface area contributed by atoms with E-state index >= 15 is 0 Å². The Morgan fingerprint density at radius 2 is 2.16 bits per heavy atom. The molecule has 1 unspecified atom stereocenters. The molecule has 0 aliphatic heterocycles. The van der Waals surface area contributed by atoms with Crippen molar-refractivity contribution in [1.29, 1.82) is 0 Å². The van der Waals surface area contributed by atoms with Gasteiger partial charge in [-0.2, -0.15) is 15.4 Å². The minimum Gasteiger partial charge on any atom is -0.440 e. The fourth-order valence-electron chi connectivity index (χ4n) is 2.03. The van der Waals surface area contributed by atoms with Crippen LogP contribution in [0.2, 0.25) is 5.02 Å². The van der Waals surface area contributed by atoms with E-state index in [0.717, 1.165) is 5.56 Å². The molecule has 9 heteroatoms. The smallest absolute Gasteiger partial charge is 0.233 e. The van der Waals surface area contributed by atoms with Gasteiger partial charge in [0, 0.05) is 10.6 Å². The van der Waals surface area contributed by atoms with Gasteiger partial charge in [0.15, 0.2) is 5.76 Å². The molecule has 2 aromatic heterocycles. The number of nitrogens with zero attached hydrogens (tertiary/aromatic N) is 3. The molecule has 0 bridgehead atoms. The molecule has 0 saturated carbocycles. The van der Waals surface area contributed by atoms with Crippen LogP contribution in [0.15, 0.2) is 41.1 Å². The summed E-state index contributed by atoms with van der Waals surface area (Å²) in [5.74, 6) is 1.69. The zero-order chi connectivity index (χ0) is 17.6. The molecular weight excluding hydrogens is 362 g/mol. The van der Waals surface area contributed by atoms with Crippen LogP contribution >= 0.6 is 23.4 Å². The van der Waals surface area contributed by atoms with E-state index in [-0.39, 0.29) is 11.2 Å². The number of aromatic amines is 1. The second-order valence-corrected chi connectivity index (χ2v) is 7.02. The fourth-order valence-corrected chi connectivity index (χ4v) is 2.92. The maximum absolute atomic E-state index is 12.1. The molecule has 3 aromatic rings. The Balaban J connectivity index is 1.49. The summed E-state index contributed by atoms with van der Waals surface area (Å²) in [6.45, 7) is 2.19. The van der Waals surface area contributed by atoms with Crippen LogP contribution in [0.25, 0.3) is 11.3 Å². The third kappa shape index (κ3) is 4.83. The third-order valence-electron chi connectivity index (χ3n) is 3.42. The summed E-state index contributed by atoms with van der Waals surface area (Å²) >= 11 is 7.33. The first-order chi connectivity index (χ1) is 12.1. The van der Waals surface area contributed by atoms with Gasteiger partial charge < -0.3 is 9.73 Å². The van der Waals surface area contributed by atoms with E-state index in [1.165, 1.54) is 11.8 Å². The maximum atomic E-state index is 12.1. The average molecular weight is 378 g/mol. The van der Waals surface area contributed by atoms with Crippen LogP contribution in [-0.2, 0) is 17.1 Å². The standard InChI is InChI=1S/C16H16ClN5O2S/c1-10(16(23)19-6-13-7-20-22-21-13)25-9-15-18-8-14(24-15)11-2-4-12(17)5-3-11/h2-5,7-8,10H,6,9H2,1H3,(H,19,23)(H,20,21,22). The van der Waals surface area contributed by atoms with Crippen molar-refractivity contribution in [2.75, 3.05) is 0 Å². The van der Waals surface area contributed by atoms with E-state index in [0.29, 0.717) is 34.7 Å². The quantitative estimate of drug-likeness (QED) is 0.656. The first-order valence-corrected chi connectivity index (χ1v) is 8.99. The maximum Gasteiger partial charge on any atom is 0.233 e. The molecule has 0 radical (unpaired) electrons. The van der Waals surface area contributed by atoms with Crippen LogP contribution in [0.5, 0.6) is 0 Å². The summed E-state index contributed by atoms with van der Waals surface area (Å²) < 4.78 is 5.73. The number of rotatable bonds is 7. The molecule has 1 aromatic carbocycles. The molecule has 25 heavy (non-hydrogen) atoms. The normalized spacial score (nSPS) is 12.1. The van der Waals surface area contributed by atoms with E-state index in [9.17, 15) is 4.79 Å². The predicted molar refractivity (Wildman–Crippen MR) is 95.9 cm³/mol. The molecule has 7 nitrogen and oxygen atoms in total. The van der Waals surface area contributed by atoms with Crippen LogP contribution in [0.1, 0.15) is 18.5 Å². The number of benzene rings is 1. The molecule has 130 valence electrons. The van der Waals surface area contributed by atoms with Crippen LogP contribution in [0, 0.1) is 0 Å². The highest BCUT2D eigenvalue weighted by Gasteiger charge is 2.15. The Hall–Kier alpha value is -2.32. The molecule has 1 amide bonds. The van der Waals surface area contributed by atoms with Gasteiger partial charge in [0.25, 0.3) is 0 Å². The van der Waals surface area contributed by atoms with Gasteiger partial charge in [-0.15, -0.1) is 11.8 Å². The second kappa shape index (κ2) is 8.17. The van der Waals surface area contributed by atoms with Gasteiger partial charge in [-0.1, -0.05) is 11.6 Å². The number of H-pyrrole nitrogens is 1. The van der Waals surface area contributed by atoms with Crippen molar-refractivity contribution in [1.82, 2.24) is 25.7 Å². The summed E-state index contributed by atoms with van der Waals surface area (Å²) in [4.78, 5) is 16.3. The van der Waals surface area contributed by atoms with E-state index in [1.807, 2.05) is 19.1 Å². The first-order valence-electron chi connectivity index (χ1n) is 7.56. The SMILES string of the molecule is CC(SCc1ncc(-c2ccc(Cl)cc2)o1)C(=O)NCc1cn[nH]n1. The van der Waals surface area contributed by atoms with Gasteiger partial charge in [-0.05, 0) is 31.2 Å². The highest BCUT2D eigenvalue weighted by atomic mass is 35.5. The van der Waals surface area contributed by atoms with Gasteiger partial charge >= 0.3 is 0 Å². The second-order valence-electron chi connectivity index (χ2n) is 5.26. The molecule has 3 rings (SSSR count). The highest BCUT2D eigenvalue weighted by Crippen LogP contribution is 2.25. The summed E-state index contributed by atoms with van der Waals surface area (Å²) in [5.41, 5.74) is 1.59. The van der Waals surface area contributed by atoms with Crippen molar-refractivity contribution in [2.45, 2.75) is 24.5 Å². The van der Waals surface area contributed by atoms with Gasteiger partial charge in [0.1, 0.15) is 5.69 Å². The number of amides is 1. The van der Waals surface area contributed by atoms with Crippen molar-refractivity contribution in [3.05, 3.63) is 53.3 Å². The molecular formula is C16H16ClN5O2S. The van der Waals surface area contributed by atoms with Crippen LogP contribution in [-0.4, -0.2) is 31.6 Å². The number of carbonyl (C=O) groups excluding carboxylic acids is 1. The fraction of sp³-hybridized carbons (Fsp3) is 0.250. The Bertz CT molecular complexity index is 819. The lowest BCUT2D eigenvalue weighted by Crippen LogP contribution is -2.30. The molecule has 1 atom stereocenters. The topological polar surface area (TPSA) is 96.7 Å². The van der Waals surface area contributed by atoms with Crippen molar-refractivity contribution in [2.24, 2.45) is 0 Å². The minimum absolute atomic E-state index is 0.0718. The summed E-state index contributed by atoms with van der Waals surface area (Å²) in [7, 11) is 0. The number of thioether (sulfide) groups is 1. The first kappa shape index (κ1) is 17.5. The number of hydrogen-bond acceptors (Lipinski definition) is 6. The Morgan fingerprint density at radius 1 is 1.36 bits per heavy atom. The summed E-state index contributed by atoms with van der Waals surface area (Å²) in [6.07, 6.45) is 3.25. The minimum atomic E-state index is -0.238. The van der Waals surface area contributed by atoms with Crippen molar-refractivity contribution in [3.63, 3.8) is 0 Å². The van der Waals surface area contributed by atoms with Crippen molar-refractivity contribution in [3.8, 4) is 11.3 Å². The summed E-state index contributed by atoms with van der Waals surface area (Å²) in [5, 5.41) is 13.3. The molecule has 0 spiro atoms. The number of nitrogens with one attached hydrogen (secondary N) is 2. The van der Waals surface area contributed by atoms with E-state index in [1.54, 1.807) is 24.5 Å². The Labute approximate surface area is 153 Å². The van der Waals surface area contributed by atoms with E-state index < -0.39 is 0 Å². The van der Waals surface area contributed by atoms with Crippen LogP contribution < -0.4 is 5.32 Å². The lowest BCUT2D eigenvalue weighted by Gasteiger charge is -2.09. The van der Waals surface area contributed by atoms with Crippen molar-refractivity contribution < 1.29 is 9.21 Å². The number of halogens is 1. The average Bonchev–Trinajstić information content (AvgIpc) is 3.30. The molecule has 0 saturated heterocycles. The molecule has 0 aliphatic carbocycles. The monoisotopic (exact) mass is 377 g/mol. The van der Waals surface area contributed by atoms with E-state index in [2.05, 4.69) is 25.7 Å². The zero-order valence-corrected chi connectivity index (χ0v) is 15.0. The molecule has 0 aliphatic rings. The van der Waals surface area contributed by atoms with Gasteiger partial charge in [0.05, 0.1) is 29.9 Å². The largest absolute Gasteiger partial charge is 0.440 e. The predicted octanol–water partition coefficient (Wildman–Crippen LogP) is 3.05. The van der Waals surface area contributed by atoms with Crippen molar-refractivity contribution >= 4 is 29.3 Å². The number of carbonyl (C=O) groups is 1.